The third-order valence-corrected chi connectivity index (χ3v) is 4.90. The first-order valence-electron chi connectivity index (χ1n) is 8.66. The standard InChI is InChI=1S/C18H24N4O4/c1-11-14(4-3-5-15(11)24)18(25)19-13-8-12(9-13)17-21-20-16(10-23)22(17)6-7-26-2/h3-5,12-13,23-24H,6-10H2,1-2H3,(H,19,25). The van der Waals surface area contributed by atoms with Crippen LogP contribution in [0.25, 0.3) is 0 Å². The van der Waals surface area contributed by atoms with Gasteiger partial charge in [0.2, 0.25) is 0 Å². The first-order valence-corrected chi connectivity index (χ1v) is 8.66. The summed E-state index contributed by atoms with van der Waals surface area (Å²) in [4.78, 5) is 12.4. The number of ether oxygens (including phenoxy) is 1. The number of aromatic nitrogens is 3. The Bertz CT molecular complexity index is 783. The molecule has 1 fully saturated rings. The molecule has 1 aliphatic rings. The van der Waals surface area contributed by atoms with Crippen molar-refractivity contribution in [3.8, 4) is 5.75 Å². The van der Waals surface area contributed by atoms with Crippen LogP contribution in [0, 0.1) is 6.92 Å². The van der Waals surface area contributed by atoms with Crippen LogP contribution < -0.4 is 5.32 Å². The van der Waals surface area contributed by atoms with E-state index in [0.717, 1.165) is 18.7 Å². The molecule has 1 aliphatic carbocycles. The minimum absolute atomic E-state index is 0.0550. The van der Waals surface area contributed by atoms with E-state index in [9.17, 15) is 15.0 Å². The third kappa shape index (κ3) is 3.56. The molecule has 26 heavy (non-hydrogen) atoms. The largest absolute Gasteiger partial charge is 0.508 e. The van der Waals surface area contributed by atoms with Crippen LogP contribution in [0.1, 0.15) is 46.3 Å². The molecule has 3 rings (SSSR count). The molecule has 1 amide bonds. The van der Waals surface area contributed by atoms with Gasteiger partial charge in [-0.25, -0.2) is 0 Å². The zero-order valence-electron chi connectivity index (χ0n) is 15.0. The van der Waals surface area contributed by atoms with Crippen LogP contribution in [0.4, 0.5) is 0 Å². The molecule has 3 N–H and O–H groups in total. The molecule has 2 aromatic rings. The molecule has 140 valence electrons. The summed E-state index contributed by atoms with van der Waals surface area (Å²) in [7, 11) is 1.63. The molecule has 0 unspecified atom stereocenters. The highest BCUT2D eigenvalue weighted by atomic mass is 16.5. The highest BCUT2D eigenvalue weighted by molar-refractivity contribution is 5.96. The summed E-state index contributed by atoms with van der Waals surface area (Å²) in [6.07, 6.45) is 1.53. The quantitative estimate of drug-likeness (QED) is 0.682. The van der Waals surface area contributed by atoms with Gasteiger partial charge < -0.3 is 24.8 Å². The van der Waals surface area contributed by atoms with E-state index in [2.05, 4.69) is 15.5 Å². The number of carbonyl (C=O) groups excluding carboxylic acids is 1. The second-order valence-electron chi connectivity index (χ2n) is 6.57. The highest BCUT2D eigenvalue weighted by Crippen LogP contribution is 2.36. The Hall–Kier alpha value is -2.45. The molecule has 1 aromatic heterocycles. The lowest BCUT2D eigenvalue weighted by atomic mass is 9.79. The number of hydrogen-bond donors (Lipinski definition) is 3. The Morgan fingerprint density at radius 3 is 2.85 bits per heavy atom. The fourth-order valence-electron chi connectivity index (χ4n) is 3.27. The number of rotatable bonds is 7. The van der Waals surface area contributed by atoms with Crippen LogP contribution in [0.3, 0.4) is 0 Å². The van der Waals surface area contributed by atoms with Gasteiger partial charge in [0.1, 0.15) is 18.2 Å². The Kier molecular flexibility index (Phi) is 5.53. The Morgan fingerprint density at radius 2 is 2.15 bits per heavy atom. The average molecular weight is 360 g/mol. The van der Waals surface area contributed by atoms with Crippen molar-refractivity contribution in [2.75, 3.05) is 13.7 Å². The number of aliphatic hydroxyl groups excluding tert-OH is 1. The van der Waals surface area contributed by atoms with Crippen molar-refractivity contribution in [3.05, 3.63) is 41.0 Å². The first-order chi connectivity index (χ1) is 12.5. The highest BCUT2D eigenvalue weighted by Gasteiger charge is 2.35. The predicted octanol–water partition coefficient (Wildman–Crippen LogP) is 1.11. The molecular formula is C18H24N4O4. The summed E-state index contributed by atoms with van der Waals surface area (Å²) in [5.74, 6) is 1.48. The normalized spacial score (nSPS) is 19.2. The number of phenols is 1. The third-order valence-electron chi connectivity index (χ3n) is 4.90. The molecular weight excluding hydrogens is 336 g/mol. The molecule has 0 atom stereocenters. The monoisotopic (exact) mass is 360 g/mol. The summed E-state index contributed by atoms with van der Waals surface area (Å²) in [5.41, 5.74) is 1.06. The van der Waals surface area contributed by atoms with Crippen LogP contribution >= 0.6 is 0 Å². The number of phenolic OH excluding ortho intramolecular Hbond substituents is 1. The van der Waals surface area contributed by atoms with Gasteiger partial charge >= 0.3 is 0 Å². The SMILES string of the molecule is COCCn1c(CO)nnc1C1CC(NC(=O)c2cccc(O)c2C)C1. The van der Waals surface area contributed by atoms with Gasteiger partial charge in [0, 0.05) is 36.7 Å². The van der Waals surface area contributed by atoms with Crippen LogP contribution in [0.5, 0.6) is 5.75 Å². The van der Waals surface area contributed by atoms with Crippen molar-refractivity contribution in [2.24, 2.45) is 0 Å². The molecule has 1 saturated carbocycles. The summed E-state index contributed by atoms with van der Waals surface area (Å²) in [6, 6.07) is 4.99. The number of carbonyl (C=O) groups is 1. The number of methoxy groups -OCH3 is 1. The second-order valence-corrected chi connectivity index (χ2v) is 6.57. The van der Waals surface area contributed by atoms with Crippen LogP contribution in [0.15, 0.2) is 18.2 Å². The molecule has 0 spiro atoms. The lowest BCUT2D eigenvalue weighted by Crippen LogP contribution is -2.44. The maximum Gasteiger partial charge on any atom is 0.251 e. The summed E-state index contributed by atoms with van der Waals surface area (Å²) < 4.78 is 7.00. The lowest BCUT2D eigenvalue weighted by Gasteiger charge is -2.35. The second kappa shape index (κ2) is 7.84. The molecule has 0 aliphatic heterocycles. The van der Waals surface area contributed by atoms with Crippen molar-refractivity contribution < 1.29 is 19.7 Å². The van der Waals surface area contributed by atoms with Gasteiger partial charge in [-0.3, -0.25) is 4.79 Å². The van der Waals surface area contributed by atoms with Crippen LogP contribution in [-0.4, -0.2) is 50.6 Å². The number of nitrogens with zero attached hydrogens (tertiary/aromatic N) is 3. The maximum atomic E-state index is 12.4. The van der Waals surface area contributed by atoms with Gasteiger partial charge in [0.15, 0.2) is 5.82 Å². The first kappa shape index (κ1) is 18.3. The fraction of sp³-hybridized carbons (Fsp3) is 0.500. The predicted molar refractivity (Wildman–Crippen MR) is 93.9 cm³/mol. The lowest BCUT2D eigenvalue weighted by molar-refractivity contribution is 0.0905. The molecule has 8 heteroatoms. The summed E-state index contributed by atoms with van der Waals surface area (Å²) in [5, 5.41) is 30.4. The van der Waals surface area contributed by atoms with E-state index < -0.39 is 0 Å². The smallest absolute Gasteiger partial charge is 0.251 e. The van der Waals surface area contributed by atoms with Crippen molar-refractivity contribution >= 4 is 5.91 Å². The number of aliphatic hydroxyl groups is 1. The van der Waals surface area contributed by atoms with Gasteiger partial charge in [-0.05, 0) is 31.9 Å². The number of aromatic hydroxyl groups is 1. The van der Waals surface area contributed by atoms with Crippen LogP contribution in [-0.2, 0) is 17.9 Å². The van der Waals surface area contributed by atoms with Crippen molar-refractivity contribution in [3.63, 3.8) is 0 Å². The van der Waals surface area contributed by atoms with Crippen molar-refractivity contribution in [2.45, 2.75) is 44.9 Å². The van der Waals surface area contributed by atoms with Crippen molar-refractivity contribution in [1.29, 1.82) is 0 Å². The molecule has 1 aromatic carbocycles. The number of benzene rings is 1. The van der Waals surface area contributed by atoms with Crippen LogP contribution in [0.2, 0.25) is 0 Å². The minimum atomic E-state index is -0.182. The van der Waals surface area contributed by atoms with Gasteiger partial charge in [0.05, 0.1) is 6.61 Å². The van der Waals surface area contributed by atoms with E-state index in [1.807, 2.05) is 4.57 Å². The Labute approximate surface area is 151 Å². The average Bonchev–Trinajstić information content (AvgIpc) is 3.00. The number of hydrogen-bond acceptors (Lipinski definition) is 6. The zero-order chi connectivity index (χ0) is 18.7. The van der Waals surface area contributed by atoms with Gasteiger partial charge in [-0.1, -0.05) is 6.07 Å². The van der Waals surface area contributed by atoms with E-state index in [4.69, 9.17) is 4.74 Å². The molecule has 0 bridgehead atoms. The minimum Gasteiger partial charge on any atom is -0.508 e. The topological polar surface area (TPSA) is 110 Å². The zero-order valence-corrected chi connectivity index (χ0v) is 15.0. The number of nitrogens with one attached hydrogen (secondary N) is 1. The Balaban J connectivity index is 1.62. The van der Waals surface area contributed by atoms with Gasteiger partial charge in [0.25, 0.3) is 5.91 Å². The van der Waals surface area contributed by atoms with Crippen molar-refractivity contribution in [1.82, 2.24) is 20.1 Å². The van der Waals surface area contributed by atoms with E-state index in [0.29, 0.717) is 30.1 Å². The molecule has 1 heterocycles. The Morgan fingerprint density at radius 1 is 1.38 bits per heavy atom. The summed E-state index contributed by atoms with van der Waals surface area (Å²) in [6.45, 7) is 2.66. The van der Waals surface area contributed by atoms with E-state index in [1.54, 1.807) is 32.2 Å². The fourth-order valence-corrected chi connectivity index (χ4v) is 3.27. The van der Waals surface area contributed by atoms with Gasteiger partial charge in [-0.15, -0.1) is 10.2 Å². The number of amides is 1. The van der Waals surface area contributed by atoms with E-state index in [-0.39, 0.29) is 30.2 Å². The molecule has 8 nitrogen and oxygen atoms in total. The maximum absolute atomic E-state index is 12.4. The van der Waals surface area contributed by atoms with E-state index >= 15 is 0 Å². The van der Waals surface area contributed by atoms with E-state index in [1.165, 1.54) is 0 Å². The van der Waals surface area contributed by atoms with Gasteiger partial charge in [-0.2, -0.15) is 0 Å². The molecule has 0 radical (unpaired) electrons. The molecule has 0 saturated heterocycles. The summed E-state index contributed by atoms with van der Waals surface area (Å²) >= 11 is 0.